The first-order valence-electron chi connectivity index (χ1n) is 7.52. The minimum atomic E-state index is -3.37. The molecule has 0 radical (unpaired) electrons. The molecule has 0 saturated carbocycles. The zero-order valence-electron chi connectivity index (χ0n) is 12.7. The van der Waals surface area contributed by atoms with Crippen LogP contribution in [-0.2, 0) is 16.4 Å². The molecular formula is C15H23N3O2S. The van der Waals surface area contributed by atoms with E-state index in [0.717, 1.165) is 31.5 Å². The first-order chi connectivity index (χ1) is 9.98. The number of likely N-dealkylation sites (N-methyl/N-ethyl adjacent to an activating group) is 1. The summed E-state index contributed by atoms with van der Waals surface area (Å²) in [6.07, 6.45) is 3.03. The molecule has 2 heterocycles. The van der Waals surface area contributed by atoms with Crippen molar-refractivity contribution in [1.29, 1.82) is 0 Å². The SMILES string of the molecule is CN(C)C1CCN(S(=O)(=O)c2ccc3c(c2)NCCC3)C1. The van der Waals surface area contributed by atoms with E-state index in [1.165, 1.54) is 5.56 Å². The lowest BCUT2D eigenvalue weighted by Gasteiger charge is -2.22. The maximum atomic E-state index is 12.8. The molecule has 0 spiro atoms. The van der Waals surface area contributed by atoms with Crippen LogP contribution < -0.4 is 5.32 Å². The highest BCUT2D eigenvalue weighted by Gasteiger charge is 2.33. The minimum absolute atomic E-state index is 0.315. The van der Waals surface area contributed by atoms with E-state index in [0.29, 0.717) is 24.0 Å². The van der Waals surface area contributed by atoms with Gasteiger partial charge in [-0.25, -0.2) is 8.42 Å². The second-order valence-electron chi connectivity index (χ2n) is 6.12. The minimum Gasteiger partial charge on any atom is -0.385 e. The van der Waals surface area contributed by atoms with E-state index in [-0.39, 0.29) is 0 Å². The summed E-state index contributed by atoms with van der Waals surface area (Å²) in [5.41, 5.74) is 2.19. The van der Waals surface area contributed by atoms with E-state index in [1.54, 1.807) is 16.4 Å². The van der Waals surface area contributed by atoms with Gasteiger partial charge in [-0.05, 0) is 51.1 Å². The normalized spacial score (nSPS) is 23.1. The van der Waals surface area contributed by atoms with Gasteiger partial charge in [0.05, 0.1) is 4.90 Å². The predicted octanol–water partition coefficient (Wildman–Crippen LogP) is 1.37. The number of nitrogens with zero attached hydrogens (tertiary/aromatic N) is 2. The second-order valence-corrected chi connectivity index (χ2v) is 8.06. The molecule has 0 amide bonds. The molecule has 1 unspecified atom stereocenters. The molecular weight excluding hydrogens is 286 g/mol. The van der Waals surface area contributed by atoms with Gasteiger partial charge in [0.25, 0.3) is 0 Å². The van der Waals surface area contributed by atoms with Crippen molar-refractivity contribution in [2.45, 2.75) is 30.2 Å². The molecule has 1 saturated heterocycles. The van der Waals surface area contributed by atoms with Crippen LogP contribution in [0.3, 0.4) is 0 Å². The first-order valence-corrected chi connectivity index (χ1v) is 8.96. The molecule has 2 aliphatic rings. The number of rotatable bonds is 3. The maximum Gasteiger partial charge on any atom is 0.243 e. The van der Waals surface area contributed by atoms with E-state index < -0.39 is 10.0 Å². The largest absolute Gasteiger partial charge is 0.385 e. The van der Waals surface area contributed by atoms with Gasteiger partial charge < -0.3 is 10.2 Å². The molecule has 116 valence electrons. The highest BCUT2D eigenvalue weighted by atomic mass is 32.2. The van der Waals surface area contributed by atoms with Crippen LogP contribution >= 0.6 is 0 Å². The number of benzene rings is 1. The second kappa shape index (κ2) is 5.59. The standard InChI is InChI=1S/C15H23N3O2S/c1-17(2)13-7-9-18(11-13)21(19,20)14-6-5-12-4-3-8-16-15(12)10-14/h5-6,10,13,16H,3-4,7-9,11H2,1-2H3. The molecule has 0 aliphatic carbocycles. The number of anilines is 1. The number of nitrogens with one attached hydrogen (secondary N) is 1. The van der Waals surface area contributed by atoms with Crippen LogP contribution in [0.1, 0.15) is 18.4 Å². The summed E-state index contributed by atoms with van der Waals surface area (Å²) in [7, 11) is 0.635. The Hall–Kier alpha value is -1.11. The van der Waals surface area contributed by atoms with Crippen molar-refractivity contribution >= 4 is 15.7 Å². The van der Waals surface area contributed by atoms with E-state index in [9.17, 15) is 8.42 Å². The van der Waals surface area contributed by atoms with E-state index in [2.05, 4.69) is 10.2 Å². The molecule has 5 nitrogen and oxygen atoms in total. The third kappa shape index (κ3) is 2.80. The van der Waals surface area contributed by atoms with Gasteiger partial charge in [0.2, 0.25) is 10.0 Å². The Morgan fingerprint density at radius 3 is 2.86 bits per heavy atom. The molecule has 1 fully saturated rings. The third-order valence-electron chi connectivity index (χ3n) is 4.51. The van der Waals surface area contributed by atoms with Crippen LogP contribution in [0.4, 0.5) is 5.69 Å². The summed E-state index contributed by atoms with van der Waals surface area (Å²) in [6, 6.07) is 5.82. The van der Waals surface area contributed by atoms with Crippen LogP contribution in [0.5, 0.6) is 0 Å². The monoisotopic (exact) mass is 309 g/mol. The Kier molecular flexibility index (Phi) is 3.94. The molecule has 1 aromatic carbocycles. The summed E-state index contributed by atoms with van der Waals surface area (Å²) >= 11 is 0. The Labute approximate surface area is 127 Å². The fraction of sp³-hybridized carbons (Fsp3) is 0.600. The fourth-order valence-electron chi connectivity index (χ4n) is 3.10. The van der Waals surface area contributed by atoms with E-state index in [1.807, 2.05) is 20.2 Å². The number of aryl methyl sites for hydroxylation is 1. The summed E-state index contributed by atoms with van der Waals surface area (Å²) in [6.45, 7) is 2.11. The Morgan fingerprint density at radius 1 is 1.33 bits per heavy atom. The van der Waals surface area contributed by atoms with Gasteiger partial charge in [-0.3, -0.25) is 0 Å². The summed E-state index contributed by atoms with van der Waals surface area (Å²) < 4.78 is 27.1. The third-order valence-corrected chi connectivity index (χ3v) is 6.37. The average molecular weight is 309 g/mol. The van der Waals surface area contributed by atoms with Crippen LogP contribution in [0.15, 0.2) is 23.1 Å². The smallest absolute Gasteiger partial charge is 0.243 e. The number of hydrogen-bond donors (Lipinski definition) is 1. The van der Waals surface area contributed by atoms with E-state index in [4.69, 9.17) is 0 Å². The first kappa shape index (κ1) is 14.8. The van der Waals surface area contributed by atoms with Crippen LogP contribution in [0.2, 0.25) is 0 Å². The summed E-state index contributed by atoms with van der Waals surface area (Å²) in [5, 5.41) is 3.30. The van der Waals surface area contributed by atoms with Gasteiger partial charge in [-0.2, -0.15) is 4.31 Å². The highest BCUT2D eigenvalue weighted by Crippen LogP contribution is 2.28. The van der Waals surface area contributed by atoms with Gasteiger partial charge >= 0.3 is 0 Å². The Morgan fingerprint density at radius 2 is 2.14 bits per heavy atom. The number of sulfonamides is 1. The van der Waals surface area contributed by atoms with Crippen LogP contribution in [-0.4, -0.2) is 57.4 Å². The number of hydrogen-bond acceptors (Lipinski definition) is 4. The zero-order valence-corrected chi connectivity index (χ0v) is 13.5. The average Bonchev–Trinajstić information content (AvgIpc) is 2.97. The van der Waals surface area contributed by atoms with Crippen molar-refractivity contribution in [3.63, 3.8) is 0 Å². The molecule has 1 N–H and O–H groups in total. The lowest BCUT2D eigenvalue weighted by Crippen LogP contribution is -2.34. The van der Waals surface area contributed by atoms with Crippen molar-refractivity contribution < 1.29 is 8.42 Å². The predicted molar refractivity (Wildman–Crippen MR) is 84.1 cm³/mol. The topological polar surface area (TPSA) is 52.7 Å². The lowest BCUT2D eigenvalue weighted by molar-refractivity contribution is 0.302. The molecule has 0 aromatic heterocycles. The van der Waals surface area contributed by atoms with Crippen molar-refractivity contribution in [3.05, 3.63) is 23.8 Å². The molecule has 1 atom stereocenters. The zero-order chi connectivity index (χ0) is 15.0. The quantitative estimate of drug-likeness (QED) is 0.916. The molecule has 0 bridgehead atoms. The van der Waals surface area contributed by atoms with Gasteiger partial charge in [-0.1, -0.05) is 6.07 Å². The van der Waals surface area contributed by atoms with Gasteiger partial charge in [0, 0.05) is 31.4 Å². The molecule has 3 rings (SSSR count). The summed E-state index contributed by atoms with van der Waals surface area (Å²) in [4.78, 5) is 2.51. The van der Waals surface area contributed by atoms with Crippen LogP contribution in [0.25, 0.3) is 0 Å². The summed E-state index contributed by atoms with van der Waals surface area (Å²) in [5.74, 6) is 0. The van der Waals surface area contributed by atoms with E-state index >= 15 is 0 Å². The highest BCUT2D eigenvalue weighted by molar-refractivity contribution is 7.89. The molecule has 1 aromatic rings. The molecule has 2 aliphatic heterocycles. The van der Waals surface area contributed by atoms with Crippen molar-refractivity contribution in [2.24, 2.45) is 0 Å². The Balaban J connectivity index is 1.85. The van der Waals surface area contributed by atoms with Crippen LogP contribution in [0, 0.1) is 0 Å². The van der Waals surface area contributed by atoms with Crippen molar-refractivity contribution in [3.8, 4) is 0 Å². The fourth-order valence-corrected chi connectivity index (χ4v) is 4.62. The number of fused-ring (bicyclic) bond motifs is 1. The van der Waals surface area contributed by atoms with Gasteiger partial charge in [0.1, 0.15) is 0 Å². The maximum absolute atomic E-state index is 12.8. The molecule has 21 heavy (non-hydrogen) atoms. The van der Waals surface area contributed by atoms with Gasteiger partial charge in [0.15, 0.2) is 0 Å². The Bertz CT molecular complexity index is 628. The lowest BCUT2D eigenvalue weighted by atomic mass is 10.0. The molecule has 6 heteroatoms. The van der Waals surface area contributed by atoms with Gasteiger partial charge in [-0.15, -0.1) is 0 Å². The van der Waals surface area contributed by atoms with Crippen molar-refractivity contribution in [2.75, 3.05) is 39.0 Å². The van der Waals surface area contributed by atoms with Crippen molar-refractivity contribution in [1.82, 2.24) is 9.21 Å².